The minimum Gasteiger partial charge on any atom is -0.466 e. The Morgan fingerprint density at radius 1 is 1.19 bits per heavy atom. The molecule has 1 fully saturated rings. The second-order valence-electron chi connectivity index (χ2n) is 8.92. The lowest BCUT2D eigenvalue weighted by atomic mass is 10.0. The third-order valence-corrected chi connectivity index (χ3v) is 6.80. The first-order valence-corrected chi connectivity index (χ1v) is 11.4. The normalized spacial score (nSPS) is 18.2. The van der Waals surface area contributed by atoms with Crippen LogP contribution in [0, 0.1) is 5.92 Å². The predicted octanol–water partition coefficient (Wildman–Crippen LogP) is 5.30. The number of hydrogen-bond acceptors (Lipinski definition) is 3. The average molecular weight is 415 g/mol. The van der Waals surface area contributed by atoms with Gasteiger partial charge in [0.15, 0.2) is 0 Å². The molecule has 1 saturated carbocycles. The van der Waals surface area contributed by atoms with Crippen molar-refractivity contribution in [2.75, 3.05) is 20.2 Å². The number of nitrogens with zero attached hydrogens (tertiary/aromatic N) is 1. The van der Waals surface area contributed by atoms with Gasteiger partial charge in [0, 0.05) is 42.3 Å². The highest BCUT2D eigenvalue weighted by atomic mass is 16.5. The summed E-state index contributed by atoms with van der Waals surface area (Å²) in [7, 11) is 1.41. The molecule has 0 spiro atoms. The van der Waals surface area contributed by atoms with Crippen LogP contribution in [0.2, 0.25) is 0 Å². The van der Waals surface area contributed by atoms with Gasteiger partial charge in [-0.2, -0.15) is 0 Å². The van der Waals surface area contributed by atoms with E-state index in [0.717, 1.165) is 30.9 Å². The number of aromatic amines is 1. The van der Waals surface area contributed by atoms with Gasteiger partial charge in [0.1, 0.15) is 0 Å². The summed E-state index contributed by atoms with van der Waals surface area (Å²) in [4.78, 5) is 17.6. The van der Waals surface area contributed by atoms with Gasteiger partial charge in [-0.15, -0.1) is 0 Å². The number of fused-ring (bicyclic) bond motifs is 2. The number of aryl methyl sites for hydroxylation is 1. The molecule has 1 atom stereocenters. The Hall–Kier alpha value is -2.85. The summed E-state index contributed by atoms with van der Waals surface area (Å²) in [5.41, 5.74) is 6.60. The number of ether oxygens (including phenoxy) is 1. The molecule has 5 rings (SSSR count). The van der Waals surface area contributed by atoms with Crippen molar-refractivity contribution in [3.8, 4) is 0 Å². The lowest BCUT2D eigenvalue weighted by molar-refractivity contribution is -0.134. The Kier molecular flexibility index (Phi) is 5.65. The Balaban J connectivity index is 1.33. The Morgan fingerprint density at radius 2 is 2.06 bits per heavy atom. The van der Waals surface area contributed by atoms with E-state index in [1.165, 1.54) is 66.6 Å². The third-order valence-electron chi connectivity index (χ3n) is 6.80. The van der Waals surface area contributed by atoms with Gasteiger partial charge >= 0.3 is 5.97 Å². The molecule has 1 aromatic heterocycles. The van der Waals surface area contributed by atoms with Crippen molar-refractivity contribution in [3.05, 3.63) is 77.0 Å². The van der Waals surface area contributed by atoms with Gasteiger partial charge in [-0.1, -0.05) is 36.4 Å². The quantitative estimate of drug-likeness (QED) is 0.402. The number of rotatable bonds is 8. The number of nitrogens with one attached hydrogen (secondary N) is 1. The zero-order valence-corrected chi connectivity index (χ0v) is 18.1. The lowest BCUT2D eigenvalue weighted by Gasteiger charge is -2.30. The van der Waals surface area contributed by atoms with E-state index in [9.17, 15) is 4.79 Å². The number of methoxy groups -OCH3 is 1. The zero-order valence-electron chi connectivity index (χ0n) is 18.1. The maximum atomic E-state index is 11.4. The molecular weight excluding hydrogens is 384 g/mol. The van der Waals surface area contributed by atoms with Crippen LogP contribution in [0.15, 0.2) is 54.7 Å². The largest absolute Gasteiger partial charge is 0.466 e. The van der Waals surface area contributed by atoms with E-state index in [0.29, 0.717) is 6.04 Å². The number of carbonyl (C=O) groups excluding carboxylic acids is 1. The summed E-state index contributed by atoms with van der Waals surface area (Å²) in [5, 5.41) is 1.35. The molecular formula is C27H30N2O2. The number of carbonyl (C=O) groups is 1. The van der Waals surface area contributed by atoms with E-state index < -0.39 is 0 Å². The molecule has 4 nitrogen and oxygen atoms in total. The second-order valence-corrected chi connectivity index (χ2v) is 8.92. The summed E-state index contributed by atoms with van der Waals surface area (Å²) in [6.45, 7) is 2.29. The smallest absolute Gasteiger partial charge is 0.330 e. The molecule has 1 unspecified atom stereocenters. The highest BCUT2D eigenvalue weighted by Gasteiger charge is 2.32. The fourth-order valence-electron chi connectivity index (χ4n) is 4.94. The van der Waals surface area contributed by atoms with Gasteiger partial charge in [-0.05, 0) is 72.4 Å². The van der Waals surface area contributed by atoms with E-state index in [1.54, 1.807) is 0 Å². The van der Waals surface area contributed by atoms with E-state index in [1.807, 2.05) is 6.08 Å². The summed E-state index contributed by atoms with van der Waals surface area (Å²) in [6.07, 6.45) is 11.6. The second kappa shape index (κ2) is 8.72. The number of para-hydroxylation sites is 1. The van der Waals surface area contributed by atoms with Crippen LogP contribution < -0.4 is 0 Å². The molecule has 31 heavy (non-hydrogen) atoms. The highest BCUT2D eigenvalue weighted by Crippen LogP contribution is 2.39. The molecule has 0 aliphatic heterocycles. The van der Waals surface area contributed by atoms with Crippen LogP contribution in [0.4, 0.5) is 0 Å². The van der Waals surface area contributed by atoms with Crippen LogP contribution in [0.3, 0.4) is 0 Å². The van der Waals surface area contributed by atoms with Gasteiger partial charge in [-0.3, -0.25) is 4.90 Å². The fourth-order valence-corrected chi connectivity index (χ4v) is 4.94. The first-order valence-electron chi connectivity index (χ1n) is 11.4. The number of esters is 1. The van der Waals surface area contributed by atoms with Crippen molar-refractivity contribution in [2.24, 2.45) is 5.92 Å². The monoisotopic (exact) mass is 414 g/mol. The molecule has 0 radical (unpaired) electrons. The lowest BCUT2D eigenvalue weighted by Crippen LogP contribution is -2.31. The van der Waals surface area contributed by atoms with Crippen LogP contribution in [-0.2, 0) is 22.4 Å². The maximum absolute atomic E-state index is 11.4. The van der Waals surface area contributed by atoms with E-state index >= 15 is 0 Å². The molecule has 3 aromatic rings. The Labute approximate surface area is 183 Å². The molecule has 0 amide bonds. The SMILES string of the molecule is COC(=O)/C=C/c1ccc2c(c1)CCC2N(CCc1c[nH]c2ccccc12)CC1CC1. The van der Waals surface area contributed by atoms with Crippen molar-refractivity contribution in [1.29, 1.82) is 0 Å². The number of hydrogen-bond donors (Lipinski definition) is 1. The number of H-pyrrole nitrogens is 1. The summed E-state index contributed by atoms with van der Waals surface area (Å²) >= 11 is 0. The van der Waals surface area contributed by atoms with Gasteiger partial charge in [0.25, 0.3) is 0 Å². The predicted molar refractivity (Wildman–Crippen MR) is 125 cm³/mol. The standard InChI is InChI=1S/C27H30N2O2/c1-31-27(30)13-9-19-8-11-24-21(16-19)10-12-26(24)29(18-20-6-7-20)15-14-22-17-28-25-5-3-2-4-23(22)25/h2-5,8-9,11,13,16-17,20,26,28H,6-7,10,12,14-15,18H2,1H3/b13-9+. The topological polar surface area (TPSA) is 45.3 Å². The van der Waals surface area contributed by atoms with Crippen LogP contribution in [-0.4, -0.2) is 36.1 Å². The van der Waals surface area contributed by atoms with Crippen molar-refractivity contribution in [3.63, 3.8) is 0 Å². The molecule has 2 aliphatic rings. The maximum Gasteiger partial charge on any atom is 0.330 e. The molecule has 0 saturated heterocycles. The first kappa shape index (κ1) is 20.1. The van der Waals surface area contributed by atoms with Crippen LogP contribution in [0.5, 0.6) is 0 Å². The molecule has 2 aromatic carbocycles. The van der Waals surface area contributed by atoms with Gasteiger partial charge in [-0.25, -0.2) is 4.79 Å². The van der Waals surface area contributed by atoms with Gasteiger partial charge in [0.2, 0.25) is 0 Å². The van der Waals surface area contributed by atoms with Crippen LogP contribution >= 0.6 is 0 Å². The third kappa shape index (κ3) is 4.45. The Bertz CT molecular complexity index is 1110. The van der Waals surface area contributed by atoms with Crippen LogP contribution in [0.1, 0.15) is 47.6 Å². The fraction of sp³-hybridized carbons (Fsp3) is 0.370. The number of aromatic nitrogens is 1. The van der Waals surface area contributed by atoms with Gasteiger partial charge < -0.3 is 9.72 Å². The average Bonchev–Trinajstić information content (AvgIpc) is 3.38. The van der Waals surface area contributed by atoms with Crippen LogP contribution in [0.25, 0.3) is 17.0 Å². The van der Waals surface area contributed by atoms with Crippen molar-refractivity contribution in [1.82, 2.24) is 9.88 Å². The minimum atomic E-state index is -0.314. The first-order chi connectivity index (χ1) is 15.2. The van der Waals surface area contributed by atoms with E-state index in [2.05, 4.69) is 58.5 Å². The minimum absolute atomic E-state index is 0.314. The van der Waals surface area contributed by atoms with E-state index in [4.69, 9.17) is 4.74 Å². The van der Waals surface area contributed by atoms with Gasteiger partial charge in [0.05, 0.1) is 7.11 Å². The summed E-state index contributed by atoms with van der Waals surface area (Å²) in [6, 6.07) is 15.7. The number of benzene rings is 2. The highest BCUT2D eigenvalue weighted by molar-refractivity contribution is 5.87. The molecule has 0 bridgehead atoms. The molecule has 2 aliphatic carbocycles. The Morgan fingerprint density at radius 3 is 2.90 bits per heavy atom. The summed E-state index contributed by atoms with van der Waals surface area (Å²) < 4.78 is 4.71. The van der Waals surface area contributed by atoms with Crippen molar-refractivity contribution < 1.29 is 9.53 Å². The van der Waals surface area contributed by atoms with Crippen molar-refractivity contribution in [2.45, 2.75) is 38.1 Å². The summed E-state index contributed by atoms with van der Waals surface area (Å²) in [5.74, 6) is 0.556. The molecule has 1 N–H and O–H groups in total. The molecule has 1 heterocycles. The van der Waals surface area contributed by atoms with E-state index in [-0.39, 0.29) is 5.97 Å². The molecule has 160 valence electrons. The van der Waals surface area contributed by atoms with Crippen molar-refractivity contribution >= 4 is 22.9 Å². The molecule has 4 heteroatoms. The zero-order chi connectivity index (χ0) is 21.2.